The van der Waals surface area contributed by atoms with Gasteiger partial charge in [-0.1, -0.05) is 0 Å². The Morgan fingerprint density at radius 3 is 2.39 bits per heavy atom. The van der Waals surface area contributed by atoms with Crippen LogP contribution in [0.2, 0.25) is 0 Å². The molecule has 1 aliphatic heterocycles. The molecule has 2 rings (SSSR count). The van der Waals surface area contributed by atoms with E-state index in [4.69, 9.17) is 9.47 Å². The van der Waals surface area contributed by atoms with Crippen LogP contribution in [0.1, 0.15) is 47.5 Å². The second-order valence-electron chi connectivity index (χ2n) is 6.73. The highest BCUT2D eigenvalue weighted by Gasteiger charge is 2.59. The lowest BCUT2D eigenvalue weighted by atomic mass is 10.1. The highest BCUT2D eigenvalue weighted by Crippen LogP contribution is 2.46. The van der Waals surface area contributed by atoms with Crippen molar-refractivity contribution in [2.75, 3.05) is 6.61 Å². The molecule has 2 aliphatic rings. The van der Waals surface area contributed by atoms with Crippen molar-refractivity contribution >= 4 is 6.09 Å². The van der Waals surface area contributed by atoms with Gasteiger partial charge in [0.25, 0.3) is 0 Å². The normalized spacial score (nSPS) is 29.2. The summed E-state index contributed by atoms with van der Waals surface area (Å²) in [5.41, 5.74) is -2.07. The number of ether oxygens (including phenoxy) is 2. The van der Waals surface area contributed by atoms with Crippen LogP contribution in [0.4, 0.5) is 4.79 Å². The molecule has 5 nitrogen and oxygen atoms in total. The number of hydrogen-bond donors (Lipinski definition) is 1. The van der Waals surface area contributed by atoms with Gasteiger partial charge in [0.2, 0.25) is 0 Å². The summed E-state index contributed by atoms with van der Waals surface area (Å²) in [6.07, 6.45) is 1.02. The van der Waals surface area contributed by atoms with Gasteiger partial charge in [-0.3, -0.25) is 4.90 Å². The number of aliphatic hydroxyl groups is 1. The molecule has 1 saturated carbocycles. The van der Waals surface area contributed by atoms with E-state index < -0.39 is 23.0 Å². The van der Waals surface area contributed by atoms with Gasteiger partial charge in [-0.25, -0.2) is 4.79 Å². The first-order valence-electron chi connectivity index (χ1n) is 6.44. The van der Waals surface area contributed by atoms with E-state index in [1.54, 1.807) is 4.90 Å². The van der Waals surface area contributed by atoms with Crippen LogP contribution >= 0.6 is 0 Å². The summed E-state index contributed by atoms with van der Waals surface area (Å²) in [6.45, 7) is 9.50. The summed E-state index contributed by atoms with van der Waals surface area (Å²) < 4.78 is 11.0. The minimum absolute atomic E-state index is 0.303. The lowest BCUT2D eigenvalue weighted by molar-refractivity contribution is -0.0695. The molecule has 1 heterocycles. The first-order valence-corrected chi connectivity index (χ1v) is 6.44. The maximum atomic E-state index is 12.3. The Hall–Kier alpha value is -0.810. The van der Waals surface area contributed by atoms with Crippen molar-refractivity contribution < 1.29 is 19.4 Å². The first kappa shape index (κ1) is 13.6. The van der Waals surface area contributed by atoms with Crippen LogP contribution in [0.25, 0.3) is 0 Å². The molecule has 104 valence electrons. The molecular formula is C13H23NO4. The lowest BCUT2D eigenvalue weighted by Gasteiger charge is -2.36. The number of amides is 1. The Morgan fingerprint density at radius 1 is 1.39 bits per heavy atom. The molecule has 1 amide bonds. The molecule has 5 heteroatoms. The minimum Gasteiger partial charge on any atom is -0.444 e. The summed E-state index contributed by atoms with van der Waals surface area (Å²) in [7, 11) is 0. The number of carbonyl (C=O) groups is 1. The van der Waals surface area contributed by atoms with E-state index in [0.29, 0.717) is 6.61 Å². The zero-order valence-corrected chi connectivity index (χ0v) is 11.8. The monoisotopic (exact) mass is 257 g/mol. The molecule has 0 aromatic heterocycles. The van der Waals surface area contributed by atoms with Gasteiger partial charge in [-0.15, -0.1) is 0 Å². The smallest absolute Gasteiger partial charge is 0.413 e. The largest absolute Gasteiger partial charge is 0.444 e. The number of hydrogen-bond acceptors (Lipinski definition) is 4. The van der Waals surface area contributed by atoms with Gasteiger partial charge in [0.15, 0.2) is 0 Å². The highest BCUT2D eigenvalue weighted by atomic mass is 16.6. The topological polar surface area (TPSA) is 59.0 Å². The standard InChI is InChI=1S/C13H23NO4/c1-11(2,3)18-10(15)14-9(13(16)6-7-13)8-17-12(14,4)5/h9,16H,6-8H2,1-5H3/t9-/m0/s1. The maximum Gasteiger partial charge on any atom is 0.413 e. The van der Waals surface area contributed by atoms with Gasteiger partial charge in [-0.2, -0.15) is 0 Å². The summed E-state index contributed by atoms with van der Waals surface area (Å²) >= 11 is 0. The van der Waals surface area contributed by atoms with Crippen molar-refractivity contribution in [3.05, 3.63) is 0 Å². The summed E-state index contributed by atoms with van der Waals surface area (Å²) in [5, 5.41) is 10.2. The zero-order valence-electron chi connectivity index (χ0n) is 11.8. The molecule has 1 aliphatic carbocycles. The van der Waals surface area contributed by atoms with E-state index in [-0.39, 0.29) is 6.04 Å². The van der Waals surface area contributed by atoms with E-state index in [9.17, 15) is 9.90 Å². The Bertz CT molecular complexity index is 354. The molecule has 0 unspecified atom stereocenters. The van der Waals surface area contributed by atoms with Gasteiger partial charge < -0.3 is 14.6 Å². The summed E-state index contributed by atoms with van der Waals surface area (Å²) in [4.78, 5) is 13.8. The lowest BCUT2D eigenvalue weighted by Crippen LogP contribution is -2.54. The van der Waals surface area contributed by atoms with Crippen LogP contribution in [0.15, 0.2) is 0 Å². The summed E-state index contributed by atoms with van der Waals surface area (Å²) in [6, 6.07) is -0.303. The van der Waals surface area contributed by atoms with E-state index >= 15 is 0 Å². The fourth-order valence-corrected chi connectivity index (χ4v) is 2.32. The molecular weight excluding hydrogens is 234 g/mol. The van der Waals surface area contributed by atoms with Crippen LogP contribution in [-0.4, -0.2) is 45.7 Å². The fraction of sp³-hybridized carbons (Fsp3) is 0.923. The molecule has 0 radical (unpaired) electrons. The van der Waals surface area contributed by atoms with Crippen molar-refractivity contribution in [3.8, 4) is 0 Å². The van der Waals surface area contributed by atoms with Crippen LogP contribution < -0.4 is 0 Å². The quantitative estimate of drug-likeness (QED) is 0.779. The maximum absolute atomic E-state index is 12.3. The molecule has 1 N–H and O–H groups in total. The highest BCUT2D eigenvalue weighted by molar-refractivity contribution is 5.70. The number of carbonyl (C=O) groups excluding carboxylic acids is 1. The van der Waals surface area contributed by atoms with Gasteiger partial charge >= 0.3 is 6.09 Å². The van der Waals surface area contributed by atoms with Crippen LogP contribution in [-0.2, 0) is 9.47 Å². The molecule has 1 saturated heterocycles. The van der Waals surface area contributed by atoms with E-state index in [1.807, 2.05) is 34.6 Å². The molecule has 0 aromatic carbocycles. The first-order chi connectivity index (χ1) is 8.05. The van der Waals surface area contributed by atoms with Crippen molar-refractivity contribution in [1.82, 2.24) is 4.90 Å². The van der Waals surface area contributed by atoms with E-state index in [1.165, 1.54) is 0 Å². The van der Waals surface area contributed by atoms with Crippen molar-refractivity contribution in [1.29, 1.82) is 0 Å². The van der Waals surface area contributed by atoms with E-state index in [2.05, 4.69) is 0 Å². The second kappa shape index (κ2) is 3.84. The van der Waals surface area contributed by atoms with Crippen LogP contribution in [0, 0.1) is 0 Å². The third kappa shape index (κ3) is 2.47. The third-order valence-corrected chi connectivity index (χ3v) is 3.46. The van der Waals surface area contributed by atoms with Crippen molar-refractivity contribution in [2.45, 2.75) is 70.4 Å². The van der Waals surface area contributed by atoms with Crippen LogP contribution in [0.5, 0.6) is 0 Å². The molecule has 18 heavy (non-hydrogen) atoms. The van der Waals surface area contributed by atoms with Crippen molar-refractivity contribution in [3.63, 3.8) is 0 Å². The fourth-order valence-electron chi connectivity index (χ4n) is 2.32. The molecule has 0 spiro atoms. The van der Waals surface area contributed by atoms with Crippen molar-refractivity contribution in [2.24, 2.45) is 0 Å². The predicted octanol–water partition coefficient (Wildman–Crippen LogP) is 1.88. The van der Waals surface area contributed by atoms with Gasteiger partial charge in [-0.05, 0) is 47.5 Å². The third-order valence-electron chi connectivity index (χ3n) is 3.46. The van der Waals surface area contributed by atoms with Gasteiger partial charge in [0.1, 0.15) is 11.3 Å². The summed E-state index contributed by atoms with van der Waals surface area (Å²) in [5.74, 6) is 0. The number of nitrogens with zero attached hydrogens (tertiary/aromatic N) is 1. The SMILES string of the molecule is CC(C)(C)OC(=O)N1[C@H](C2(O)CC2)COC1(C)C. The van der Waals surface area contributed by atoms with Gasteiger partial charge in [0, 0.05) is 0 Å². The predicted molar refractivity (Wildman–Crippen MR) is 66.1 cm³/mol. The Balaban J connectivity index is 2.18. The second-order valence-corrected chi connectivity index (χ2v) is 6.73. The Kier molecular flexibility index (Phi) is 2.91. The average Bonchev–Trinajstić information content (AvgIpc) is 2.79. The molecule has 2 fully saturated rings. The number of rotatable bonds is 1. The van der Waals surface area contributed by atoms with Crippen LogP contribution in [0.3, 0.4) is 0 Å². The average molecular weight is 257 g/mol. The Labute approximate surface area is 108 Å². The van der Waals surface area contributed by atoms with E-state index in [0.717, 1.165) is 12.8 Å². The van der Waals surface area contributed by atoms with Gasteiger partial charge in [0.05, 0.1) is 18.2 Å². The molecule has 0 bridgehead atoms. The molecule has 1 atom stereocenters. The molecule has 0 aromatic rings. The zero-order chi connectivity index (χ0) is 13.8. The Morgan fingerprint density at radius 2 is 1.94 bits per heavy atom. The minimum atomic E-state index is -0.787.